The van der Waals surface area contributed by atoms with Gasteiger partial charge in [-0.3, -0.25) is 14.9 Å². The molecule has 108 valence electrons. The van der Waals surface area contributed by atoms with Gasteiger partial charge in [-0.15, -0.1) is 0 Å². The maximum atomic E-state index is 12.2. The first-order chi connectivity index (χ1) is 10.0. The van der Waals surface area contributed by atoms with E-state index in [1.165, 1.54) is 12.3 Å². The van der Waals surface area contributed by atoms with Gasteiger partial charge in [-0.05, 0) is 28.1 Å². The summed E-state index contributed by atoms with van der Waals surface area (Å²) < 4.78 is 0.757. The molecule has 0 spiro atoms. The van der Waals surface area contributed by atoms with Gasteiger partial charge in [0.1, 0.15) is 23.4 Å². The summed E-state index contributed by atoms with van der Waals surface area (Å²) in [5.74, 6) is 0.0188. The Bertz CT molecular complexity index is 690. The molecule has 0 unspecified atom stereocenters. The molecule has 0 saturated heterocycles. The number of aromatic nitrogens is 2. The molecule has 8 nitrogen and oxygen atoms in total. The highest BCUT2D eigenvalue weighted by Crippen LogP contribution is 2.21. The molecule has 0 aliphatic heterocycles. The van der Waals surface area contributed by atoms with Crippen LogP contribution in [0.5, 0.6) is 0 Å². The number of anilines is 2. The number of carbonyl (C=O) groups excluding carboxylic acids is 1. The predicted octanol–water partition coefficient (Wildman–Crippen LogP) is 2.44. The van der Waals surface area contributed by atoms with Crippen LogP contribution >= 0.6 is 15.9 Å². The van der Waals surface area contributed by atoms with Crippen LogP contribution in [0.25, 0.3) is 0 Å². The maximum Gasteiger partial charge on any atom is 0.300 e. The summed E-state index contributed by atoms with van der Waals surface area (Å²) in [6.07, 6.45) is 2.55. The van der Waals surface area contributed by atoms with Gasteiger partial charge >= 0.3 is 0 Å². The number of nitrogens with one attached hydrogen (secondary N) is 2. The average molecular weight is 352 g/mol. The second-order valence-corrected chi connectivity index (χ2v) is 4.83. The Kier molecular flexibility index (Phi) is 4.43. The minimum Gasteiger partial charge on any atom is -0.373 e. The Balaban J connectivity index is 2.33. The minimum atomic E-state index is -0.656. The first-order valence-corrected chi connectivity index (χ1v) is 6.55. The standard InChI is InChI=1S/C12H10BrN5O3/c1-14-11-4-8(9(6-16-11)18(20)21)12(19)17-10-3-2-7(13)5-15-10/h2-6H,1H3,(H,14,16)(H,15,17,19). The molecule has 0 aliphatic rings. The summed E-state index contributed by atoms with van der Waals surface area (Å²) in [7, 11) is 1.60. The van der Waals surface area contributed by atoms with Crippen molar-refractivity contribution in [1.82, 2.24) is 9.97 Å². The molecule has 0 aliphatic carbocycles. The van der Waals surface area contributed by atoms with Gasteiger partial charge in [-0.25, -0.2) is 9.97 Å². The van der Waals surface area contributed by atoms with E-state index in [4.69, 9.17) is 0 Å². The fraction of sp³-hybridized carbons (Fsp3) is 0.0833. The Morgan fingerprint density at radius 2 is 2.00 bits per heavy atom. The van der Waals surface area contributed by atoms with Crippen LogP contribution in [0.4, 0.5) is 17.3 Å². The summed E-state index contributed by atoms with van der Waals surface area (Å²) in [5, 5.41) is 16.2. The molecular weight excluding hydrogens is 342 g/mol. The van der Waals surface area contributed by atoms with Crippen molar-refractivity contribution in [3.63, 3.8) is 0 Å². The second-order valence-electron chi connectivity index (χ2n) is 3.91. The van der Waals surface area contributed by atoms with Gasteiger partial charge < -0.3 is 10.6 Å². The van der Waals surface area contributed by atoms with E-state index in [1.807, 2.05) is 0 Å². The van der Waals surface area contributed by atoms with Crippen LogP contribution in [-0.4, -0.2) is 27.8 Å². The van der Waals surface area contributed by atoms with E-state index < -0.39 is 10.8 Å². The molecule has 21 heavy (non-hydrogen) atoms. The Morgan fingerprint density at radius 1 is 1.29 bits per heavy atom. The van der Waals surface area contributed by atoms with E-state index in [-0.39, 0.29) is 11.3 Å². The Hall–Kier alpha value is -2.55. The zero-order chi connectivity index (χ0) is 15.4. The number of hydrogen-bond acceptors (Lipinski definition) is 6. The highest BCUT2D eigenvalue weighted by Gasteiger charge is 2.21. The van der Waals surface area contributed by atoms with Crippen LogP contribution in [0.15, 0.2) is 35.1 Å². The Labute approximate surface area is 127 Å². The number of nitro groups is 1. The molecule has 2 rings (SSSR count). The molecule has 0 aromatic carbocycles. The molecule has 1 amide bonds. The molecule has 0 fully saturated rings. The van der Waals surface area contributed by atoms with E-state index in [0.717, 1.165) is 10.7 Å². The summed E-state index contributed by atoms with van der Waals surface area (Å²) in [6, 6.07) is 4.59. The second kappa shape index (κ2) is 6.27. The third-order valence-electron chi connectivity index (χ3n) is 2.55. The predicted molar refractivity (Wildman–Crippen MR) is 80.3 cm³/mol. The van der Waals surface area contributed by atoms with Gasteiger partial charge in [0.2, 0.25) is 0 Å². The molecule has 9 heteroatoms. The summed E-state index contributed by atoms with van der Waals surface area (Å²) in [5.41, 5.74) is -0.465. The first-order valence-electron chi connectivity index (χ1n) is 5.76. The van der Waals surface area contributed by atoms with Crippen molar-refractivity contribution < 1.29 is 9.72 Å². The molecule has 2 aromatic rings. The molecule has 2 N–H and O–H groups in total. The lowest BCUT2D eigenvalue weighted by Gasteiger charge is -2.06. The van der Waals surface area contributed by atoms with Crippen molar-refractivity contribution in [2.24, 2.45) is 0 Å². The van der Waals surface area contributed by atoms with Crippen LogP contribution in [0, 0.1) is 10.1 Å². The van der Waals surface area contributed by atoms with Crippen molar-refractivity contribution >= 4 is 39.2 Å². The number of amides is 1. The van der Waals surface area contributed by atoms with E-state index in [1.54, 1.807) is 19.2 Å². The van der Waals surface area contributed by atoms with E-state index >= 15 is 0 Å². The number of halogens is 1. The maximum absolute atomic E-state index is 12.2. The SMILES string of the molecule is CNc1cc(C(=O)Nc2ccc(Br)cn2)c([N+](=O)[O-])cn1. The number of hydrogen-bond donors (Lipinski definition) is 2. The highest BCUT2D eigenvalue weighted by molar-refractivity contribution is 9.10. The molecule has 2 heterocycles. The van der Waals surface area contributed by atoms with Crippen molar-refractivity contribution in [1.29, 1.82) is 0 Å². The monoisotopic (exact) mass is 351 g/mol. The number of rotatable bonds is 4. The summed E-state index contributed by atoms with van der Waals surface area (Å²) >= 11 is 3.23. The quantitative estimate of drug-likeness (QED) is 0.646. The number of carbonyl (C=O) groups is 1. The van der Waals surface area contributed by atoms with Gasteiger partial charge in [0.15, 0.2) is 0 Å². The van der Waals surface area contributed by atoms with Crippen LogP contribution in [-0.2, 0) is 0 Å². The van der Waals surface area contributed by atoms with Crippen LogP contribution in [0.2, 0.25) is 0 Å². The number of nitrogens with zero attached hydrogens (tertiary/aromatic N) is 3. The topological polar surface area (TPSA) is 110 Å². The van der Waals surface area contributed by atoms with Crippen molar-refractivity contribution in [3.8, 4) is 0 Å². The normalized spacial score (nSPS) is 10.0. The van der Waals surface area contributed by atoms with Gasteiger partial charge in [-0.1, -0.05) is 0 Å². The minimum absolute atomic E-state index is 0.0935. The van der Waals surface area contributed by atoms with Crippen LogP contribution in [0.3, 0.4) is 0 Å². The molecule has 0 atom stereocenters. The first kappa shape index (κ1) is 14.9. The van der Waals surface area contributed by atoms with E-state index in [0.29, 0.717) is 11.6 Å². The number of pyridine rings is 2. The molecular formula is C12H10BrN5O3. The van der Waals surface area contributed by atoms with Gasteiger partial charge in [0, 0.05) is 23.8 Å². The molecule has 0 saturated carbocycles. The Morgan fingerprint density at radius 3 is 2.57 bits per heavy atom. The highest BCUT2D eigenvalue weighted by atomic mass is 79.9. The molecule has 0 bridgehead atoms. The lowest BCUT2D eigenvalue weighted by Crippen LogP contribution is -2.15. The molecule has 2 aromatic heterocycles. The fourth-order valence-corrected chi connectivity index (χ4v) is 1.78. The van der Waals surface area contributed by atoms with Gasteiger partial charge in [-0.2, -0.15) is 0 Å². The van der Waals surface area contributed by atoms with Crippen molar-refractivity contribution in [2.45, 2.75) is 0 Å². The fourth-order valence-electron chi connectivity index (χ4n) is 1.55. The van der Waals surface area contributed by atoms with Gasteiger partial charge in [0.25, 0.3) is 11.6 Å². The van der Waals surface area contributed by atoms with E-state index in [9.17, 15) is 14.9 Å². The lowest BCUT2D eigenvalue weighted by molar-refractivity contribution is -0.385. The zero-order valence-corrected chi connectivity index (χ0v) is 12.4. The summed E-state index contributed by atoms with van der Waals surface area (Å²) in [4.78, 5) is 30.3. The van der Waals surface area contributed by atoms with E-state index in [2.05, 4.69) is 36.5 Å². The zero-order valence-electron chi connectivity index (χ0n) is 10.8. The van der Waals surface area contributed by atoms with Crippen LogP contribution in [0.1, 0.15) is 10.4 Å². The largest absolute Gasteiger partial charge is 0.373 e. The average Bonchev–Trinajstić information content (AvgIpc) is 2.48. The van der Waals surface area contributed by atoms with Crippen molar-refractivity contribution in [3.05, 3.63) is 50.7 Å². The third-order valence-corrected chi connectivity index (χ3v) is 3.02. The third kappa shape index (κ3) is 3.51. The summed E-state index contributed by atoms with van der Waals surface area (Å²) in [6.45, 7) is 0. The molecule has 0 radical (unpaired) electrons. The van der Waals surface area contributed by atoms with Crippen LogP contribution < -0.4 is 10.6 Å². The van der Waals surface area contributed by atoms with Gasteiger partial charge in [0.05, 0.1) is 4.92 Å². The smallest absolute Gasteiger partial charge is 0.300 e. The lowest BCUT2D eigenvalue weighted by atomic mass is 10.2. The van der Waals surface area contributed by atoms with Crippen molar-refractivity contribution in [2.75, 3.05) is 17.7 Å².